The average molecular weight is 514 g/mol. The zero-order valence-corrected chi connectivity index (χ0v) is 24.7. The molecule has 37 heavy (non-hydrogen) atoms. The molecule has 208 valence electrons. The quantitative estimate of drug-likeness (QED) is 0.463. The fourth-order valence-corrected chi connectivity index (χ4v) is 12.1. The van der Waals surface area contributed by atoms with Crippen LogP contribution in [0.25, 0.3) is 0 Å². The highest BCUT2D eigenvalue weighted by Gasteiger charge is 2.86. The summed E-state index contributed by atoms with van der Waals surface area (Å²) in [5.41, 5.74) is -0.900. The van der Waals surface area contributed by atoms with Crippen LogP contribution in [0.3, 0.4) is 0 Å². The topological polar surface area (TPSA) is 64.6 Å². The molecular weight excluding hydrogens is 462 g/mol. The van der Waals surface area contributed by atoms with Crippen molar-refractivity contribution in [2.24, 2.45) is 51.2 Å². The maximum absolute atomic E-state index is 14.8. The number of rotatable bonds is 2. The second-order valence-corrected chi connectivity index (χ2v) is 15.7. The molecule has 5 nitrogen and oxygen atoms in total. The van der Waals surface area contributed by atoms with Crippen LogP contribution < -0.4 is 5.32 Å². The van der Waals surface area contributed by atoms with Gasteiger partial charge in [0.05, 0.1) is 6.61 Å². The Morgan fingerprint density at radius 3 is 2.41 bits per heavy atom. The number of esters is 1. The zero-order valence-electron chi connectivity index (χ0n) is 24.7. The summed E-state index contributed by atoms with van der Waals surface area (Å²) in [7, 11) is 0. The molecule has 1 N–H and O–H groups in total. The molecule has 0 aromatic heterocycles. The third-order valence-electron chi connectivity index (χ3n) is 14.1. The van der Waals surface area contributed by atoms with Crippen LogP contribution in [0.2, 0.25) is 0 Å². The molecular formula is C32H51NO4. The lowest BCUT2D eigenvalue weighted by Crippen LogP contribution is -2.89. The van der Waals surface area contributed by atoms with Crippen molar-refractivity contribution in [3.63, 3.8) is 0 Å². The fourth-order valence-electron chi connectivity index (χ4n) is 12.1. The number of nitrogens with one attached hydrogen (secondary N) is 1. The summed E-state index contributed by atoms with van der Waals surface area (Å²) in [5.74, 6) is 1.99. The van der Waals surface area contributed by atoms with Gasteiger partial charge in [-0.3, -0.25) is 9.59 Å². The first-order valence-corrected chi connectivity index (χ1v) is 15.3. The van der Waals surface area contributed by atoms with E-state index in [1.807, 2.05) is 0 Å². The van der Waals surface area contributed by atoms with Gasteiger partial charge in [0.2, 0.25) is 0 Å². The molecule has 7 fully saturated rings. The van der Waals surface area contributed by atoms with E-state index in [-0.39, 0.29) is 51.1 Å². The van der Waals surface area contributed by atoms with Gasteiger partial charge in [0, 0.05) is 35.1 Å². The molecule has 3 aliphatic heterocycles. The minimum Gasteiger partial charge on any atom is -0.465 e. The van der Waals surface area contributed by atoms with Gasteiger partial charge in [-0.15, -0.1) is 0 Å². The van der Waals surface area contributed by atoms with Crippen molar-refractivity contribution in [3.8, 4) is 0 Å². The molecule has 3 saturated heterocycles. The third-order valence-corrected chi connectivity index (χ3v) is 14.1. The Bertz CT molecular complexity index is 1010. The number of fused-ring (bicyclic) bond motifs is 2. The molecule has 0 aromatic rings. The number of ether oxygens (including phenoxy) is 2. The predicted molar refractivity (Wildman–Crippen MR) is 144 cm³/mol. The molecule has 2 bridgehead atoms. The maximum atomic E-state index is 14.8. The number of carbonyl (C=O) groups excluding carboxylic acids is 2. The highest BCUT2D eigenvalue weighted by atomic mass is 16.6. The summed E-state index contributed by atoms with van der Waals surface area (Å²) < 4.78 is 13.0. The number of hydrogen-bond donors (Lipinski definition) is 1. The largest absolute Gasteiger partial charge is 0.465 e. The van der Waals surface area contributed by atoms with Gasteiger partial charge in [-0.05, 0) is 100 Å². The molecule has 4 aliphatic carbocycles. The van der Waals surface area contributed by atoms with Crippen molar-refractivity contribution in [3.05, 3.63) is 0 Å². The van der Waals surface area contributed by atoms with E-state index in [2.05, 4.69) is 53.8 Å². The molecule has 0 amide bonds. The zero-order chi connectivity index (χ0) is 26.8. The summed E-state index contributed by atoms with van der Waals surface area (Å²) in [6.45, 7) is 20.0. The molecule has 0 aromatic carbocycles. The first-order valence-electron chi connectivity index (χ1n) is 15.3. The Hall–Kier alpha value is -0.940. The molecule has 3 heterocycles. The first-order chi connectivity index (χ1) is 17.2. The van der Waals surface area contributed by atoms with Crippen LogP contribution in [0.15, 0.2) is 0 Å². The van der Waals surface area contributed by atoms with E-state index < -0.39 is 5.60 Å². The number of ketones is 1. The molecule has 1 spiro atoms. The van der Waals surface area contributed by atoms with Gasteiger partial charge in [-0.2, -0.15) is 0 Å². The SMILES string of the molecule is CC(=O)OC[C@]12CC[C@@H](C)[C@H](C)[C@@H]1[C@]13O[C@H](C1=O)[C@@H]1[C@@]4(C)CCCNC(C)(C)[C@@H]4CC[C@@]1(C)[C@]3(C)CC2. The van der Waals surface area contributed by atoms with Crippen molar-refractivity contribution in [2.45, 2.75) is 124 Å². The lowest BCUT2D eigenvalue weighted by atomic mass is 9.28. The van der Waals surface area contributed by atoms with Gasteiger partial charge >= 0.3 is 5.97 Å². The van der Waals surface area contributed by atoms with Crippen LogP contribution >= 0.6 is 0 Å². The summed E-state index contributed by atoms with van der Waals surface area (Å²) >= 11 is 0. The van der Waals surface area contributed by atoms with Crippen molar-refractivity contribution in [1.29, 1.82) is 0 Å². The summed E-state index contributed by atoms with van der Waals surface area (Å²) in [6, 6.07) is 0. The van der Waals surface area contributed by atoms with Gasteiger partial charge in [0.1, 0.15) is 11.7 Å². The van der Waals surface area contributed by atoms with Crippen LogP contribution in [-0.4, -0.2) is 42.1 Å². The second-order valence-electron chi connectivity index (χ2n) is 15.7. The number of hydrogen-bond acceptors (Lipinski definition) is 5. The number of carbonyl (C=O) groups is 2. The molecule has 7 rings (SSSR count). The van der Waals surface area contributed by atoms with Crippen molar-refractivity contribution in [1.82, 2.24) is 5.32 Å². The highest BCUT2D eigenvalue weighted by Crippen LogP contribution is 2.81. The van der Waals surface area contributed by atoms with Gasteiger partial charge < -0.3 is 14.8 Å². The Kier molecular flexibility index (Phi) is 5.57. The van der Waals surface area contributed by atoms with E-state index in [0.717, 1.165) is 45.1 Å². The molecule has 0 unspecified atom stereocenters. The van der Waals surface area contributed by atoms with E-state index >= 15 is 0 Å². The molecule has 11 atom stereocenters. The van der Waals surface area contributed by atoms with Crippen LogP contribution in [0.5, 0.6) is 0 Å². The summed E-state index contributed by atoms with van der Waals surface area (Å²) in [5, 5.41) is 3.87. The van der Waals surface area contributed by atoms with Gasteiger partial charge in [-0.25, -0.2) is 0 Å². The molecule has 7 aliphatic rings. The Balaban J connectivity index is 1.48. The Morgan fingerprint density at radius 2 is 1.73 bits per heavy atom. The first kappa shape index (κ1) is 26.3. The van der Waals surface area contributed by atoms with Gasteiger partial charge in [0.15, 0.2) is 5.78 Å². The minimum absolute atomic E-state index is 0.0590. The van der Waals surface area contributed by atoms with Gasteiger partial charge in [-0.1, -0.05) is 34.6 Å². The van der Waals surface area contributed by atoms with Crippen molar-refractivity contribution >= 4 is 11.8 Å². The van der Waals surface area contributed by atoms with Crippen LogP contribution in [0.1, 0.15) is 107 Å². The fraction of sp³-hybridized carbons (Fsp3) is 0.938. The van der Waals surface area contributed by atoms with Crippen LogP contribution in [-0.2, 0) is 19.1 Å². The molecule has 4 saturated carbocycles. The lowest BCUT2D eigenvalue weighted by Gasteiger charge is -2.81. The van der Waals surface area contributed by atoms with Crippen molar-refractivity contribution in [2.75, 3.05) is 13.2 Å². The minimum atomic E-state index is -0.739. The molecule has 0 radical (unpaired) electrons. The average Bonchev–Trinajstić information content (AvgIpc) is 2.94. The molecule has 5 heteroatoms. The van der Waals surface area contributed by atoms with E-state index in [4.69, 9.17) is 9.47 Å². The van der Waals surface area contributed by atoms with Crippen molar-refractivity contribution < 1.29 is 19.1 Å². The second kappa shape index (κ2) is 7.83. The third kappa shape index (κ3) is 2.95. The summed E-state index contributed by atoms with van der Waals surface area (Å²) in [4.78, 5) is 26.8. The van der Waals surface area contributed by atoms with E-state index in [0.29, 0.717) is 30.1 Å². The van der Waals surface area contributed by atoms with Crippen LogP contribution in [0.4, 0.5) is 0 Å². The smallest absolute Gasteiger partial charge is 0.302 e. The highest BCUT2D eigenvalue weighted by molar-refractivity contribution is 5.99. The Morgan fingerprint density at radius 1 is 1.00 bits per heavy atom. The van der Waals surface area contributed by atoms with Crippen LogP contribution in [0, 0.1) is 51.2 Å². The Labute approximate surface area is 224 Å². The van der Waals surface area contributed by atoms with Gasteiger partial charge in [0.25, 0.3) is 0 Å². The standard InChI is InChI=1S/C32H51NO4/c1-19-10-14-31(18-36-21(3)34)16-15-30(8)29(7)13-11-22-27(4,5)33-17-9-12-28(22,6)25(29)23-26(35)32(30,37-23)24(31)20(19)2/h19-20,22-25,33H,9-18H2,1-8H3/t19-,20+,22+,23+,24+,25-,28+,29-,30+,31-,32+/m1/s1. The predicted octanol–water partition coefficient (Wildman–Crippen LogP) is 5.94. The number of Topliss-reactive ketones (excluding diaryl/α,β-unsaturated/α-hetero) is 1. The monoisotopic (exact) mass is 513 g/mol. The maximum Gasteiger partial charge on any atom is 0.302 e. The lowest BCUT2D eigenvalue weighted by molar-refractivity contribution is -0.393. The van der Waals surface area contributed by atoms with E-state index in [9.17, 15) is 9.59 Å². The van der Waals surface area contributed by atoms with E-state index in [1.165, 1.54) is 19.8 Å². The van der Waals surface area contributed by atoms with E-state index in [1.54, 1.807) is 0 Å². The normalized spacial score (nSPS) is 55.9. The summed E-state index contributed by atoms with van der Waals surface area (Å²) in [6.07, 6.45) is 8.59.